The van der Waals surface area contributed by atoms with Gasteiger partial charge in [-0.15, -0.1) is 0 Å². The molecule has 1 aromatic heterocycles. The summed E-state index contributed by atoms with van der Waals surface area (Å²) in [6, 6.07) is 1.08. The number of fused-ring (bicyclic) bond motifs is 3. The number of benzene rings is 1. The molecule has 196 valence electrons. The van der Waals surface area contributed by atoms with Gasteiger partial charge >= 0.3 is 0 Å². The zero-order valence-electron chi connectivity index (χ0n) is 19.6. The van der Waals surface area contributed by atoms with Gasteiger partial charge in [0, 0.05) is 49.4 Å². The van der Waals surface area contributed by atoms with Crippen molar-refractivity contribution in [2.75, 3.05) is 12.4 Å². The van der Waals surface area contributed by atoms with Gasteiger partial charge in [0.05, 0.1) is 5.56 Å². The second-order valence-electron chi connectivity index (χ2n) is 9.79. The molecule has 3 N–H and O–H groups in total. The topological polar surface area (TPSA) is 109 Å². The van der Waals surface area contributed by atoms with E-state index < -0.39 is 65.3 Å². The highest BCUT2D eigenvalue weighted by molar-refractivity contribution is 6.44. The highest BCUT2D eigenvalue weighted by Crippen LogP contribution is 2.54. The fourth-order valence-corrected chi connectivity index (χ4v) is 5.52. The molecule has 2 aliphatic carbocycles. The lowest BCUT2D eigenvalue weighted by Crippen LogP contribution is -2.69. The Hall–Kier alpha value is -3.77. The van der Waals surface area contributed by atoms with Crippen LogP contribution in [-0.4, -0.2) is 46.6 Å². The summed E-state index contributed by atoms with van der Waals surface area (Å²) in [5.41, 5.74) is -1.91. The molecule has 8 nitrogen and oxygen atoms in total. The molecule has 3 amide bonds. The SMILES string of the molecule is CNC(=O)C1(NC(=O)C(=O)c2c(C)c(C(=O)Nc3cc(F)c(F)c(F)c3)n3c2C[C@H]2C[C@H]23)CC(F)(F)C1. The summed E-state index contributed by atoms with van der Waals surface area (Å²) in [4.78, 5) is 51.5. The van der Waals surface area contributed by atoms with Gasteiger partial charge in [0.1, 0.15) is 11.2 Å². The number of halogens is 5. The molecule has 5 rings (SSSR count). The van der Waals surface area contributed by atoms with Crippen molar-refractivity contribution < 1.29 is 41.1 Å². The van der Waals surface area contributed by atoms with Crippen molar-refractivity contribution in [1.29, 1.82) is 0 Å². The van der Waals surface area contributed by atoms with Crippen LogP contribution in [0.25, 0.3) is 0 Å². The van der Waals surface area contributed by atoms with Crippen LogP contribution in [0.3, 0.4) is 0 Å². The molecule has 3 aliphatic rings. The van der Waals surface area contributed by atoms with Gasteiger partial charge in [0.2, 0.25) is 5.91 Å². The van der Waals surface area contributed by atoms with E-state index in [9.17, 15) is 41.1 Å². The molecule has 0 saturated heterocycles. The number of Topliss-reactive ketones (excluding diaryl/α,β-unsaturated/α-hetero) is 1. The van der Waals surface area contributed by atoms with E-state index in [2.05, 4.69) is 16.0 Å². The Morgan fingerprint density at radius 2 is 1.68 bits per heavy atom. The number of aromatic nitrogens is 1. The summed E-state index contributed by atoms with van der Waals surface area (Å²) < 4.78 is 69.4. The Balaban J connectivity index is 1.46. The smallest absolute Gasteiger partial charge is 0.293 e. The first kappa shape index (κ1) is 24.9. The molecule has 2 saturated carbocycles. The largest absolute Gasteiger partial charge is 0.357 e. The standard InChI is InChI=1S/C24H21F5N4O4/c1-9-16(19(34)21(36)32-23(22(37)30-2)7-24(28,29)8-23)15-4-10-3-14(10)33(15)18(9)20(35)31-11-5-12(25)17(27)13(26)6-11/h5-6,10,14H,3-4,7-8H2,1-2H3,(H,30,37)(H,31,35)(H,32,36)/t10-,14-/m1/s1. The first-order valence-electron chi connectivity index (χ1n) is 11.4. The molecule has 0 spiro atoms. The second-order valence-corrected chi connectivity index (χ2v) is 9.79. The Morgan fingerprint density at radius 3 is 2.24 bits per heavy atom. The van der Waals surface area contributed by atoms with Gasteiger partial charge in [-0.2, -0.15) is 0 Å². The number of amides is 3. The van der Waals surface area contributed by atoms with Crippen LogP contribution in [0.5, 0.6) is 0 Å². The zero-order valence-corrected chi connectivity index (χ0v) is 19.6. The summed E-state index contributed by atoms with van der Waals surface area (Å²) in [5.74, 6) is -11.8. The highest BCUT2D eigenvalue weighted by atomic mass is 19.3. The van der Waals surface area contributed by atoms with Gasteiger partial charge in [-0.25, -0.2) is 22.0 Å². The number of hydrogen-bond donors (Lipinski definition) is 3. The minimum Gasteiger partial charge on any atom is -0.357 e. The summed E-state index contributed by atoms with van der Waals surface area (Å²) in [7, 11) is 1.22. The van der Waals surface area contributed by atoms with Crippen LogP contribution < -0.4 is 16.0 Å². The molecule has 1 aromatic carbocycles. The van der Waals surface area contributed by atoms with Crippen LogP contribution in [0, 0.1) is 30.3 Å². The number of rotatable bonds is 6. The lowest BCUT2D eigenvalue weighted by Gasteiger charge is -2.45. The molecule has 2 aromatic rings. The fourth-order valence-electron chi connectivity index (χ4n) is 5.52. The Morgan fingerprint density at radius 1 is 1.05 bits per heavy atom. The van der Waals surface area contributed by atoms with E-state index in [1.165, 1.54) is 14.0 Å². The molecule has 0 unspecified atom stereocenters. The second kappa shape index (κ2) is 8.12. The third-order valence-corrected chi connectivity index (χ3v) is 7.25. The lowest BCUT2D eigenvalue weighted by molar-refractivity contribution is -0.164. The van der Waals surface area contributed by atoms with E-state index in [0.717, 1.165) is 6.42 Å². The number of nitrogens with one attached hydrogen (secondary N) is 3. The van der Waals surface area contributed by atoms with Gasteiger partial charge in [-0.3, -0.25) is 19.2 Å². The van der Waals surface area contributed by atoms with Crippen molar-refractivity contribution in [1.82, 2.24) is 15.2 Å². The molecular weight excluding hydrogens is 503 g/mol. The minimum absolute atomic E-state index is 0.0162. The average molecular weight is 524 g/mol. The van der Waals surface area contributed by atoms with Crippen molar-refractivity contribution in [3.05, 3.63) is 52.1 Å². The van der Waals surface area contributed by atoms with Crippen LogP contribution in [0.2, 0.25) is 0 Å². The van der Waals surface area contributed by atoms with Crippen LogP contribution in [-0.2, 0) is 16.0 Å². The van der Waals surface area contributed by atoms with Gasteiger partial charge < -0.3 is 20.5 Å². The van der Waals surface area contributed by atoms with Gasteiger partial charge in [-0.05, 0) is 31.2 Å². The Labute approximate surface area is 206 Å². The van der Waals surface area contributed by atoms with Crippen LogP contribution >= 0.6 is 0 Å². The monoisotopic (exact) mass is 524 g/mol. The molecule has 0 radical (unpaired) electrons. The number of anilines is 1. The molecule has 0 bridgehead atoms. The van der Waals surface area contributed by atoms with E-state index in [-0.39, 0.29) is 34.5 Å². The van der Waals surface area contributed by atoms with Gasteiger partial charge in [0.25, 0.3) is 23.5 Å². The number of alkyl halides is 2. The van der Waals surface area contributed by atoms with Crippen LogP contribution in [0.4, 0.5) is 27.6 Å². The van der Waals surface area contributed by atoms with E-state index in [4.69, 9.17) is 0 Å². The summed E-state index contributed by atoms with van der Waals surface area (Å²) in [6.07, 6.45) is -0.830. The van der Waals surface area contributed by atoms with Crippen molar-refractivity contribution in [3.63, 3.8) is 0 Å². The lowest BCUT2D eigenvalue weighted by atomic mass is 9.72. The van der Waals surface area contributed by atoms with Crippen LogP contribution in [0.15, 0.2) is 12.1 Å². The number of hydrogen-bond acceptors (Lipinski definition) is 4. The molecule has 2 heterocycles. The average Bonchev–Trinajstić information content (AvgIpc) is 3.38. The zero-order chi connectivity index (χ0) is 27.0. The summed E-state index contributed by atoms with van der Waals surface area (Å²) in [5, 5.41) is 6.67. The third-order valence-electron chi connectivity index (χ3n) is 7.25. The number of ketones is 1. The number of likely N-dealkylation sites (N-methyl/N-ethyl adjacent to an activating group) is 1. The third kappa shape index (κ3) is 3.87. The van der Waals surface area contributed by atoms with E-state index in [0.29, 0.717) is 24.2 Å². The predicted octanol–water partition coefficient (Wildman–Crippen LogP) is 2.80. The van der Waals surface area contributed by atoms with Gasteiger partial charge in [-0.1, -0.05) is 0 Å². The van der Waals surface area contributed by atoms with Gasteiger partial charge in [0.15, 0.2) is 17.5 Å². The molecule has 37 heavy (non-hydrogen) atoms. The number of carbonyl (C=O) groups is 4. The van der Waals surface area contributed by atoms with Crippen LogP contribution in [0.1, 0.15) is 57.4 Å². The molecule has 1 aliphatic heterocycles. The molecule has 2 atom stereocenters. The van der Waals surface area contributed by atoms with Crippen molar-refractivity contribution >= 4 is 29.2 Å². The molecule has 13 heteroatoms. The first-order chi connectivity index (χ1) is 17.3. The number of carbonyl (C=O) groups excluding carboxylic acids is 4. The maximum Gasteiger partial charge on any atom is 0.293 e. The Bertz CT molecular complexity index is 1370. The Kier molecular flexibility index (Phi) is 5.46. The van der Waals surface area contributed by atoms with E-state index in [1.807, 2.05) is 0 Å². The number of nitrogens with zero attached hydrogens (tertiary/aromatic N) is 1. The normalized spacial score (nSPS) is 21.8. The highest BCUT2D eigenvalue weighted by Gasteiger charge is 2.62. The molecule has 2 fully saturated rings. The minimum atomic E-state index is -3.18. The fraction of sp³-hybridized carbons (Fsp3) is 0.417. The quantitative estimate of drug-likeness (QED) is 0.234. The maximum absolute atomic E-state index is 13.6. The van der Waals surface area contributed by atoms with E-state index >= 15 is 0 Å². The maximum atomic E-state index is 13.6. The summed E-state index contributed by atoms with van der Waals surface area (Å²) in [6.45, 7) is 1.41. The first-order valence-corrected chi connectivity index (χ1v) is 11.4. The van der Waals surface area contributed by atoms with Crippen molar-refractivity contribution in [2.45, 2.75) is 50.1 Å². The molecular formula is C24H21F5N4O4. The predicted molar refractivity (Wildman–Crippen MR) is 118 cm³/mol. The van der Waals surface area contributed by atoms with Crippen molar-refractivity contribution in [3.8, 4) is 0 Å². The van der Waals surface area contributed by atoms with E-state index in [1.54, 1.807) is 4.57 Å². The summed E-state index contributed by atoms with van der Waals surface area (Å²) >= 11 is 0. The van der Waals surface area contributed by atoms with Crippen molar-refractivity contribution in [2.24, 2.45) is 5.92 Å².